The number of ether oxygens (including phenoxy) is 1. The molecule has 38 heavy (non-hydrogen) atoms. The van der Waals surface area contributed by atoms with Gasteiger partial charge in [0.2, 0.25) is 5.91 Å². The Morgan fingerprint density at radius 1 is 1.05 bits per heavy atom. The number of hydrogen-bond acceptors (Lipinski definition) is 5. The van der Waals surface area contributed by atoms with E-state index in [9.17, 15) is 4.79 Å². The molecule has 0 aliphatic carbocycles. The number of carbonyl (C=O) groups excluding carboxylic acids is 1. The van der Waals surface area contributed by atoms with E-state index < -0.39 is 0 Å². The Labute approximate surface area is 227 Å². The van der Waals surface area contributed by atoms with Crippen LogP contribution in [0.25, 0.3) is 5.82 Å². The van der Waals surface area contributed by atoms with Crippen LogP contribution in [-0.4, -0.2) is 32.7 Å². The summed E-state index contributed by atoms with van der Waals surface area (Å²) in [6.45, 7) is 7.73. The molecule has 0 radical (unpaired) electrons. The van der Waals surface area contributed by atoms with Gasteiger partial charge in [0.15, 0.2) is 5.11 Å². The van der Waals surface area contributed by atoms with E-state index in [0.29, 0.717) is 16.5 Å². The first-order chi connectivity index (χ1) is 18.3. The van der Waals surface area contributed by atoms with Gasteiger partial charge in [-0.15, -0.1) is 0 Å². The Hall–Kier alpha value is -4.24. The van der Waals surface area contributed by atoms with Crippen LogP contribution in [0.3, 0.4) is 0 Å². The number of methoxy groups -OCH3 is 1. The van der Waals surface area contributed by atoms with E-state index in [2.05, 4.69) is 63.0 Å². The van der Waals surface area contributed by atoms with Gasteiger partial charge < -0.3 is 24.8 Å². The van der Waals surface area contributed by atoms with Gasteiger partial charge in [0.25, 0.3) is 0 Å². The molecule has 4 heterocycles. The molecule has 4 aromatic rings. The molecule has 1 aliphatic rings. The van der Waals surface area contributed by atoms with Crippen molar-refractivity contribution in [1.29, 1.82) is 0 Å². The lowest BCUT2D eigenvalue weighted by atomic mass is 9.96. The fraction of sp³-hybridized carbons (Fsp3) is 0.241. The van der Waals surface area contributed by atoms with Crippen LogP contribution in [-0.2, 0) is 4.79 Å². The third kappa shape index (κ3) is 4.61. The minimum Gasteiger partial charge on any atom is -0.495 e. The fourth-order valence-electron chi connectivity index (χ4n) is 5.16. The minimum atomic E-state index is -0.208. The van der Waals surface area contributed by atoms with Gasteiger partial charge >= 0.3 is 0 Å². The second-order valence-electron chi connectivity index (χ2n) is 9.42. The maximum absolute atomic E-state index is 11.9. The van der Waals surface area contributed by atoms with Gasteiger partial charge in [0, 0.05) is 36.4 Å². The first-order valence-corrected chi connectivity index (χ1v) is 12.8. The first-order valence-electron chi connectivity index (χ1n) is 12.4. The van der Waals surface area contributed by atoms with Crippen molar-refractivity contribution in [2.24, 2.45) is 0 Å². The van der Waals surface area contributed by atoms with Crippen molar-refractivity contribution in [1.82, 2.24) is 19.9 Å². The molecule has 1 amide bonds. The number of rotatable bonds is 6. The average Bonchev–Trinajstić information content (AvgIpc) is 3.39. The molecule has 1 fully saturated rings. The van der Waals surface area contributed by atoms with Crippen LogP contribution in [0.1, 0.15) is 47.2 Å². The van der Waals surface area contributed by atoms with Crippen molar-refractivity contribution in [3.63, 3.8) is 0 Å². The largest absolute Gasteiger partial charge is 0.495 e. The number of carbonyl (C=O) groups is 1. The number of pyridine rings is 2. The highest BCUT2D eigenvalue weighted by molar-refractivity contribution is 7.80. The topological polar surface area (TPSA) is 84.3 Å². The van der Waals surface area contributed by atoms with E-state index >= 15 is 0 Å². The highest BCUT2D eigenvalue weighted by Gasteiger charge is 2.42. The van der Waals surface area contributed by atoms with Crippen LogP contribution in [0.5, 0.6) is 5.75 Å². The first kappa shape index (κ1) is 25.4. The molecule has 1 saturated heterocycles. The number of nitrogens with zero attached hydrogens (tertiary/aromatic N) is 4. The Morgan fingerprint density at radius 2 is 1.87 bits per heavy atom. The summed E-state index contributed by atoms with van der Waals surface area (Å²) in [7, 11) is 1.58. The van der Waals surface area contributed by atoms with Gasteiger partial charge in [0.1, 0.15) is 11.6 Å². The summed E-state index contributed by atoms with van der Waals surface area (Å²) in [5.41, 5.74) is 6.68. The summed E-state index contributed by atoms with van der Waals surface area (Å²) >= 11 is 5.91. The van der Waals surface area contributed by atoms with Crippen LogP contribution in [0.2, 0.25) is 0 Å². The summed E-state index contributed by atoms with van der Waals surface area (Å²) in [6, 6.07) is 17.4. The number of anilines is 2. The van der Waals surface area contributed by atoms with Gasteiger partial charge in [-0.1, -0.05) is 6.07 Å². The maximum Gasteiger partial charge on any atom is 0.221 e. The van der Waals surface area contributed by atoms with Crippen molar-refractivity contribution in [3.05, 3.63) is 95.2 Å². The molecule has 1 aliphatic heterocycles. The van der Waals surface area contributed by atoms with E-state index in [1.54, 1.807) is 13.3 Å². The molecule has 194 valence electrons. The minimum absolute atomic E-state index is 0.181. The summed E-state index contributed by atoms with van der Waals surface area (Å²) in [5, 5.41) is 6.96. The maximum atomic E-state index is 11.9. The number of benzene rings is 1. The van der Waals surface area contributed by atoms with E-state index in [4.69, 9.17) is 17.0 Å². The molecule has 8 nitrogen and oxygen atoms in total. The molecule has 3 aromatic heterocycles. The fourth-order valence-corrected chi connectivity index (χ4v) is 5.51. The Morgan fingerprint density at radius 3 is 2.55 bits per heavy atom. The molecular formula is C29H30N6O2S. The second-order valence-corrected chi connectivity index (χ2v) is 9.80. The zero-order valence-electron chi connectivity index (χ0n) is 22.0. The highest BCUT2D eigenvalue weighted by Crippen LogP contribution is 2.45. The normalized spacial score (nSPS) is 16.9. The number of thiocarbonyl (C=S) groups is 1. The van der Waals surface area contributed by atoms with Crippen molar-refractivity contribution in [2.45, 2.75) is 39.8 Å². The van der Waals surface area contributed by atoms with E-state index in [1.807, 2.05) is 48.7 Å². The highest BCUT2D eigenvalue weighted by atomic mass is 32.1. The number of aryl methyl sites for hydroxylation is 2. The Bertz CT molecular complexity index is 1520. The smallest absolute Gasteiger partial charge is 0.221 e. The molecule has 0 saturated carbocycles. The van der Waals surface area contributed by atoms with Crippen LogP contribution < -0.4 is 20.3 Å². The van der Waals surface area contributed by atoms with Crippen LogP contribution >= 0.6 is 12.2 Å². The molecule has 2 unspecified atom stereocenters. The summed E-state index contributed by atoms with van der Waals surface area (Å²) in [4.78, 5) is 23.3. The zero-order valence-corrected chi connectivity index (χ0v) is 22.8. The van der Waals surface area contributed by atoms with Crippen LogP contribution in [0.15, 0.2) is 67.0 Å². The molecule has 5 rings (SSSR count). The predicted molar refractivity (Wildman–Crippen MR) is 153 cm³/mol. The third-order valence-corrected chi connectivity index (χ3v) is 7.10. The van der Waals surface area contributed by atoms with Gasteiger partial charge in [-0.05, 0) is 92.6 Å². The SMILES string of the molecule is COc1ccc(N2C(=S)NC(c3ccccn3)C2c2cc(C)n(-c3cc(C)ccn3)c2C)cc1NC(C)=O. The lowest BCUT2D eigenvalue weighted by Gasteiger charge is -2.29. The molecular weight excluding hydrogens is 496 g/mol. The summed E-state index contributed by atoms with van der Waals surface area (Å²) in [5.74, 6) is 1.27. The molecule has 2 N–H and O–H groups in total. The quantitative estimate of drug-likeness (QED) is 0.328. The Balaban J connectivity index is 1.68. The molecule has 0 bridgehead atoms. The van der Waals surface area contributed by atoms with Crippen molar-refractivity contribution >= 4 is 34.6 Å². The van der Waals surface area contributed by atoms with E-state index in [1.165, 1.54) is 6.92 Å². The van der Waals surface area contributed by atoms with Crippen LogP contribution in [0, 0.1) is 20.8 Å². The van der Waals surface area contributed by atoms with Crippen molar-refractivity contribution < 1.29 is 9.53 Å². The van der Waals surface area contributed by atoms with E-state index in [0.717, 1.165) is 39.7 Å². The second kappa shape index (κ2) is 10.3. The van der Waals surface area contributed by atoms with Gasteiger partial charge in [-0.25, -0.2) is 4.98 Å². The molecule has 9 heteroatoms. The van der Waals surface area contributed by atoms with Crippen LogP contribution in [0.4, 0.5) is 11.4 Å². The van der Waals surface area contributed by atoms with E-state index in [-0.39, 0.29) is 18.0 Å². The number of hydrogen-bond donors (Lipinski definition) is 2. The molecule has 1 aromatic carbocycles. The number of aromatic nitrogens is 3. The number of nitrogens with one attached hydrogen (secondary N) is 2. The standard InChI is InChI=1S/C29H30N6O2S/c1-17-11-13-31-26(14-17)34-18(2)15-22(19(34)3)28-27(23-8-6-7-12-30-23)33-29(38)35(28)21-9-10-25(37-5)24(16-21)32-20(4)36/h6-16,27-28H,1-5H3,(H,32,36)(H,33,38). The third-order valence-electron chi connectivity index (χ3n) is 6.79. The number of amides is 1. The van der Waals surface area contributed by atoms with Gasteiger partial charge in [0.05, 0.1) is 30.6 Å². The van der Waals surface area contributed by atoms with Crippen molar-refractivity contribution in [3.8, 4) is 11.6 Å². The van der Waals surface area contributed by atoms with Gasteiger partial charge in [-0.3, -0.25) is 9.78 Å². The van der Waals surface area contributed by atoms with Gasteiger partial charge in [-0.2, -0.15) is 0 Å². The molecule has 0 spiro atoms. The average molecular weight is 527 g/mol. The zero-order chi connectivity index (χ0) is 27.0. The monoisotopic (exact) mass is 526 g/mol. The summed E-state index contributed by atoms with van der Waals surface area (Å²) < 4.78 is 7.66. The Kier molecular flexibility index (Phi) is 6.86. The lowest BCUT2D eigenvalue weighted by molar-refractivity contribution is -0.114. The van der Waals surface area contributed by atoms with Crippen molar-refractivity contribution in [2.75, 3.05) is 17.3 Å². The predicted octanol–water partition coefficient (Wildman–Crippen LogP) is 5.34. The summed E-state index contributed by atoms with van der Waals surface area (Å²) in [6.07, 6.45) is 3.63. The lowest BCUT2D eigenvalue weighted by Crippen LogP contribution is -2.29. The molecule has 2 atom stereocenters.